The molecule has 18 heavy (non-hydrogen) atoms. The number of benzene rings is 1. The molecule has 0 spiro atoms. The first-order valence-electron chi connectivity index (χ1n) is 5.04. The summed E-state index contributed by atoms with van der Waals surface area (Å²) in [4.78, 5) is 0. The first kappa shape index (κ1) is 14.7. The maximum Gasteiger partial charge on any atom is 0.573 e. The Morgan fingerprint density at radius 2 is 1.72 bits per heavy atom. The zero-order valence-electron chi connectivity index (χ0n) is 9.52. The Kier molecular flexibility index (Phi) is 4.94. The zero-order chi connectivity index (χ0) is 13.8. The minimum atomic E-state index is -4.75. The molecule has 0 aromatic heterocycles. The van der Waals surface area contributed by atoms with Crippen molar-refractivity contribution in [2.24, 2.45) is 0 Å². The van der Waals surface area contributed by atoms with Crippen molar-refractivity contribution in [2.45, 2.75) is 18.6 Å². The van der Waals surface area contributed by atoms with Gasteiger partial charge in [-0.1, -0.05) is 12.1 Å². The van der Waals surface area contributed by atoms with E-state index in [1.165, 1.54) is 19.2 Å². The van der Waals surface area contributed by atoms with Crippen LogP contribution in [0.25, 0.3) is 0 Å². The molecular weight excluding hydrogens is 253 g/mol. The predicted molar refractivity (Wildman–Crippen MR) is 56.0 cm³/mol. The topological polar surface area (TPSA) is 58.9 Å². The fourth-order valence-electron chi connectivity index (χ4n) is 1.35. The van der Waals surface area contributed by atoms with E-state index in [0.29, 0.717) is 0 Å². The monoisotopic (exact) mass is 266 g/mol. The molecule has 0 fully saturated rings. The predicted octanol–water partition coefficient (Wildman–Crippen LogP) is 1.63. The van der Waals surface area contributed by atoms with Gasteiger partial charge in [0, 0.05) is 7.11 Å². The highest BCUT2D eigenvalue weighted by Gasteiger charge is 2.31. The molecule has 0 saturated carbocycles. The minimum absolute atomic E-state index is 0.0814. The van der Waals surface area contributed by atoms with Gasteiger partial charge < -0.3 is 19.7 Å². The van der Waals surface area contributed by atoms with Crippen molar-refractivity contribution < 1.29 is 32.9 Å². The summed E-state index contributed by atoms with van der Waals surface area (Å²) >= 11 is 0. The third kappa shape index (κ3) is 4.52. The molecule has 0 aliphatic carbocycles. The second-order valence-electron chi connectivity index (χ2n) is 3.58. The van der Waals surface area contributed by atoms with Crippen LogP contribution in [0.2, 0.25) is 0 Å². The van der Waals surface area contributed by atoms with Crippen LogP contribution in [0.4, 0.5) is 13.2 Å². The number of aliphatic hydroxyl groups is 2. The Hall–Kier alpha value is -1.31. The van der Waals surface area contributed by atoms with Crippen LogP contribution in [-0.4, -0.2) is 36.4 Å². The summed E-state index contributed by atoms with van der Waals surface area (Å²) in [5, 5.41) is 19.1. The van der Waals surface area contributed by atoms with Gasteiger partial charge in [-0.15, -0.1) is 13.2 Å². The number of ether oxygens (including phenoxy) is 2. The van der Waals surface area contributed by atoms with E-state index in [1.807, 2.05) is 0 Å². The lowest BCUT2D eigenvalue weighted by atomic mass is 10.0. The molecular formula is C11H13F3O4. The van der Waals surface area contributed by atoms with E-state index in [1.54, 1.807) is 0 Å². The lowest BCUT2D eigenvalue weighted by Crippen LogP contribution is -2.23. The van der Waals surface area contributed by atoms with Gasteiger partial charge in [-0.3, -0.25) is 0 Å². The molecule has 2 unspecified atom stereocenters. The van der Waals surface area contributed by atoms with Gasteiger partial charge >= 0.3 is 6.36 Å². The Morgan fingerprint density at radius 3 is 2.17 bits per heavy atom. The second-order valence-corrected chi connectivity index (χ2v) is 3.58. The first-order chi connectivity index (χ1) is 8.33. The summed E-state index contributed by atoms with van der Waals surface area (Å²) in [6.45, 7) is -0.0814. The summed E-state index contributed by atoms with van der Waals surface area (Å²) in [5.74, 6) is -0.389. The van der Waals surface area contributed by atoms with Crippen LogP contribution >= 0.6 is 0 Å². The van der Waals surface area contributed by atoms with Crippen LogP contribution in [0.3, 0.4) is 0 Å². The fourth-order valence-corrected chi connectivity index (χ4v) is 1.35. The van der Waals surface area contributed by atoms with Crippen molar-refractivity contribution in [3.63, 3.8) is 0 Å². The molecule has 1 aromatic rings. The minimum Gasteiger partial charge on any atom is -0.406 e. The number of rotatable bonds is 5. The summed E-state index contributed by atoms with van der Waals surface area (Å²) < 4.78 is 44.0. The van der Waals surface area contributed by atoms with Gasteiger partial charge in [0.05, 0.1) is 6.61 Å². The van der Waals surface area contributed by atoms with E-state index in [-0.39, 0.29) is 17.9 Å². The number of hydrogen-bond donors (Lipinski definition) is 2. The molecule has 102 valence electrons. The molecule has 2 N–H and O–H groups in total. The summed E-state index contributed by atoms with van der Waals surface area (Å²) in [5.41, 5.74) is 0.272. The molecule has 4 nitrogen and oxygen atoms in total. The largest absolute Gasteiger partial charge is 0.573 e. The van der Waals surface area contributed by atoms with Crippen LogP contribution in [0, 0.1) is 0 Å². The van der Waals surface area contributed by atoms with Crippen LogP contribution < -0.4 is 4.74 Å². The molecule has 2 atom stereocenters. The number of aliphatic hydroxyl groups excluding tert-OH is 2. The number of hydrogen-bond acceptors (Lipinski definition) is 4. The summed E-state index contributed by atoms with van der Waals surface area (Å²) in [6, 6.07) is 4.60. The van der Waals surface area contributed by atoms with Crippen molar-refractivity contribution in [1.82, 2.24) is 0 Å². The normalized spacial score (nSPS) is 15.2. The standard InChI is InChI=1S/C11H13F3O4/c1-17-6-9(15)10(16)7-2-4-8(5-3-7)18-11(12,13)14/h2-5,9-10,15-16H,6H2,1H3. The Morgan fingerprint density at radius 1 is 1.17 bits per heavy atom. The number of halogens is 3. The molecule has 0 aliphatic heterocycles. The number of methoxy groups -OCH3 is 1. The van der Waals surface area contributed by atoms with Gasteiger partial charge in [0.15, 0.2) is 0 Å². The van der Waals surface area contributed by atoms with Crippen LogP contribution in [0.5, 0.6) is 5.75 Å². The second kappa shape index (κ2) is 6.03. The Balaban J connectivity index is 2.70. The fraction of sp³-hybridized carbons (Fsp3) is 0.455. The number of alkyl halides is 3. The van der Waals surface area contributed by atoms with Gasteiger partial charge in [-0.05, 0) is 17.7 Å². The lowest BCUT2D eigenvalue weighted by Gasteiger charge is -2.17. The Bertz CT molecular complexity index is 364. The molecule has 0 amide bonds. The zero-order valence-corrected chi connectivity index (χ0v) is 9.52. The molecule has 0 aliphatic rings. The van der Waals surface area contributed by atoms with Crippen molar-refractivity contribution >= 4 is 0 Å². The van der Waals surface area contributed by atoms with E-state index in [4.69, 9.17) is 0 Å². The molecule has 7 heteroatoms. The van der Waals surface area contributed by atoms with Crippen molar-refractivity contribution in [3.8, 4) is 5.75 Å². The third-order valence-corrected chi connectivity index (χ3v) is 2.16. The first-order valence-corrected chi connectivity index (χ1v) is 5.04. The molecule has 0 saturated heterocycles. The highest BCUT2D eigenvalue weighted by Crippen LogP contribution is 2.25. The molecule has 1 rings (SSSR count). The smallest absolute Gasteiger partial charge is 0.406 e. The highest BCUT2D eigenvalue weighted by atomic mass is 19.4. The molecule has 0 radical (unpaired) electrons. The average molecular weight is 266 g/mol. The third-order valence-electron chi connectivity index (χ3n) is 2.16. The van der Waals surface area contributed by atoms with Crippen LogP contribution in [-0.2, 0) is 4.74 Å². The van der Waals surface area contributed by atoms with Gasteiger partial charge in [0.25, 0.3) is 0 Å². The summed E-state index contributed by atoms with van der Waals surface area (Å²) in [6.07, 6.45) is -7.13. The lowest BCUT2D eigenvalue weighted by molar-refractivity contribution is -0.274. The molecule has 1 aromatic carbocycles. The van der Waals surface area contributed by atoms with Gasteiger partial charge in [-0.2, -0.15) is 0 Å². The van der Waals surface area contributed by atoms with E-state index in [2.05, 4.69) is 9.47 Å². The summed E-state index contributed by atoms with van der Waals surface area (Å²) in [7, 11) is 1.36. The molecule has 0 bridgehead atoms. The van der Waals surface area contributed by atoms with Gasteiger partial charge in [0.2, 0.25) is 0 Å². The van der Waals surface area contributed by atoms with E-state index in [9.17, 15) is 23.4 Å². The van der Waals surface area contributed by atoms with E-state index < -0.39 is 18.6 Å². The maximum atomic E-state index is 11.9. The van der Waals surface area contributed by atoms with E-state index in [0.717, 1.165) is 12.1 Å². The SMILES string of the molecule is COCC(O)C(O)c1ccc(OC(F)(F)F)cc1. The average Bonchev–Trinajstić information content (AvgIpc) is 2.27. The van der Waals surface area contributed by atoms with Crippen LogP contribution in [0.15, 0.2) is 24.3 Å². The van der Waals surface area contributed by atoms with Crippen molar-refractivity contribution in [1.29, 1.82) is 0 Å². The van der Waals surface area contributed by atoms with Crippen molar-refractivity contribution in [2.75, 3.05) is 13.7 Å². The molecule has 0 heterocycles. The van der Waals surface area contributed by atoms with E-state index >= 15 is 0 Å². The maximum absolute atomic E-state index is 11.9. The Labute approximate surface area is 102 Å². The van der Waals surface area contributed by atoms with Gasteiger partial charge in [0.1, 0.15) is 18.0 Å². The van der Waals surface area contributed by atoms with Gasteiger partial charge in [-0.25, -0.2) is 0 Å². The van der Waals surface area contributed by atoms with Crippen LogP contribution in [0.1, 0.15) is 11.7 Å². The quantitative estimate of drug-likeness (QED) is 0.850. The van der Waals surface area contributed by atoms with Crippen molar-refractivity contribution in [3.05, 3.63) is 29.8 Å². The highest BCUT2D eigenvalue weighted by molar-refractivity contribution is 5.29.